The molecular weight excluding hydrogens is 438 g/mol. The molecule has 1 atom stereocenters. The highest BCUT2D eigenvalue weighted by Gasteiger charge is 2.17. The van der Waals surface area contributed by atoms with Gasteiger partial charge in [0.05, 0.1) is 35.6 Å². The van der Waals surface area contributed by atoms with Gasteiger partial charge in [-0.1, -0.05) is 36.8 Å². The molecule has 9 heteroatoms. The van der Waals surface area contributed by atoms with E-state index in [0.717, 1.165) is 16.0 Å². The van der Waals surface area contributed by atoms with Crippen LogP contribution in [0, 0.1) is 11.7 Å². The second kappa shape index (κ2) is 7.84. The Balaban J connectivity index is 1.58. The summed E-state index contributed by atoms with van der Waals surface area (Å²) in [6, 6.07) is 8.46. The minimum Gasteiger partial charge on any atom is -0.271 e. The van der Waals surface area contributed by atoms with Crippen molar-refractivity contribution in [3.63, 3.8) is 0 Å². The molecule has 4 rings (SSSR count). The molecule has 0 aliphatic carbocycles. The van der Waals surface area contributed by atoms with Crippen molar-refractivity contribution in [1.82, 2.24) is 34.3 Å². The van der Waals surface area contributed by atoms with Gasteiger partial charge in [0, 0.05) is 18.3 Å². The van der Waals surface area contributed by atoms with E-state index in [1.54, 1.807) is 6.20 Å². The summed E-state index contributed by atoms with van der Waals surface area (Å²) in [6.07, 6.45) is 7.53. The molecule has 0 radical (unpaired) electrons. The van der Waals surface area contributed by atoms with Gasteiger partial charge in [-0.15, -0.1) is 0 Å². The lowest BCUT2D eigenvalue weighted by Crippen LogP contribution is -2.12. The van der Waals surface area contributed by atoms with E-state index in [4.69, 9.17) is 12.2 Å². The van der Waals surface area contributed by atoms with Crippen molar-refractivity contribution in [3.8, 4) is 5.69 Å². The molecule has 0 bridgehead atoms. The Labute approximate surface area is 176 Å². The van der Waals surface area contributed by atoms with E-state index in [0.29, 0.717) is 17.9 Å². The van der Waals surface area contributed by atoms with Gasteiger partial charge in [0.25, 0.3) is 0 Å². The van der Waals surface area contributed by atoms with E-state index < -0.39 is 0 Å². The molecular formula is C19H20BrN7S. The van der Waals surface area contributed by atoms with E-state index in [2.05, 4.69) is 74.4 Å². The summed E-state index contributed by atoms with van der Waals surface area (Å²) < 4.78 is 7.25. The van der Waals surface area contributed by atoms with E-state index in [9.17, 15) is 0 Å². The van der Waals surface area contributed by atoms with Crippen LogP contribution in [0.3, 0.4) is 0 Å². The molecule has 7 nitrogen and oxygen atoms in total. The molecule has 144 valence electrons. The number of aromatic amines is 1. The molecule has 0 amide bonds. The van der Waals surface area contributed by atoms with Crippen LogP contribution >= 0.6 is 28.1 Å². The molecule has 0 fully saturated rings. The Kier molecular flexibility index (Phi) is 5.27. The van der Waals surface area contributed by atoms with Gasteiger partial charge in [-0.25, -0.2) is 0 Å². The van der Waals surface area contributed by atoms with E-state index in [-0.39, 0.29) is 5.92 Å². The fraction of sp³-hybridized carbons (Fsp3) is 0.263. The average molecular weight is 458 g/mol. The van der Waals surface area contributed by atoms with Crippen LogP contribution in [0.5, 0.6) is 0 Å². The predicted octanol–water partition coefficient (Wildman–Crippen LogP) is 4.25. The lowest BCUT2D eigenvalue weighted by Gasteiger charge is -2.12. The number of benzene rings is 1. The Morgan fingerprint density at radius 3 is 2.57 bits per heavy atom. The highest BCUT2D eigenvalue weighted by Crippen LogP contribution is 2.20. The lowest BCUT2D eigenvalue weighted by atomic mass is 10.1. The second-order valence-electron chi connectivity index (χ2n) is 6.89. The third-order valence-corrected chi connectivity index (χ3v) is 5.23. The first-order valence-electron chi connectivity index (χ1n) is 8.93. The van der Waals surface area contributed by atoms with E-state index in [1.165, 1.54) is 11.1 Å². The van der Waals surface area contributed by atoms with Gasteiger partial charge in [0.15, 0.2) is 4.77 Å². The molecule has 1 N–H and O–H groups in total. The van der Waals surface area contributed by atoms with Crippen molar-refractivity contribution in [2.45, 2.75) is 32.9 Å². The zero-order chi connectivity index (χ0) is 19.7. The zero-order valence-corrected chi connectivity index (χ0v) is 18.0. The van der Waals surface area contributed by atoms with Gasteiger partial charge in [-0.05, 0) is 40.6 Å². The van der Waals surface area contributed by atoms with E-state index >= 15 is 0 Å². The van der Waals surface area contributed by atoms with Gasteiger partial charge in [-0.2, -0.15) is 15.3 Å². The van der Waals surface area contributed by atoms with Crippen molar-refractivity contribution in [1.29, 1.82) is 0 Å². The number of nitrogens with zero attached hydrogens (tertiary/aromatic N) is 6. The van der Waals surface area contributed by atoms with Crippen molar-refractivity contribution in [3.05, 3.63) is 75.2 Å². The SMILES string of the molecule is Cc1ccc(Cn2cc(-n3c([C@@H](C)Cn4cc(Br)cn4)n[nH]c3=S)cn2)cc1. The van der Waals surface area contributed by atoms with Gasteiger partial charge >= 0.3 is 0 Å². The number of rotatable bonds is 6. The van der Waals surface area contributed by atoms with Gasteiger partial charge < -0.3 is 0 Å². The van der Waals surface area contributed by atoms with Gasteiger partial charge in [0.1, 0.15) is 5.82 Å². The summed E-state index contributed by atoms with van der Waals surface area (Å²) >= 11 is 8.90. The van der Waals surface area contributed by atoms with Crippen LogP contribution in [-0.4, -0.2) is 34.3 Å². The summed E-state index contributed by atoms with van der Waals surface area (Å²) in [5.74, 6) is 0.965. The van der Waals surface area contributed by atoms with Crippen LogP contribution in [-0.2, 0) is 13.1 Å². The average Bonchev–Trinajstić information content (AvgIpc) is 3.37. The van der Waals surface area contributed by atoms with E-state index in [1.807, 2.05) is 32.5 Å². The standard InChI is InChI=1S/C19H20BrN7S/c1-13-3-5-15(6-4-13)10-26-12-17(8-22-26)27-18(23-24-19(27)28)14(2)9-25-11-16(20)7-21-25/h3-8,11-12,14H,9-10H2,1-2H3,(H,24,28)/t14-/m0/s1. The van der Waals surface area contributed by atoms with Crippen molar-refractivity contribution in [2.75, 3.05) is 0 Å². The third-order valence-electron chi connectivity index (χ3n) is 4.54. The normalized spacial score (nSPS) is 12.4. The van der Waals surface area contributed by atoms with Gasteiger partial charge in [-0.3, -0.25) is 19.0 Å². The van der Waals surface area contributed by atoms with Crippen LogP contribution in [0.1, 0.15) is 29.8 Å². The molecule has 0 spiro atoms. The van der Waals surface area contributed by atoms with Crippen LogP contribution in [0.4, 0.5) is 0 Å². The van der Waals surface area contributed by atoms with Crippen LogP contribution in [0.2, 0.25) is 0 Å². The highest BCUT2D eigenvalue weighted by atomic mass is 79.9. The number of halogens is 1. The fourth-order valence-electron chi connectivity index (χ4n) is 3.12. The third kappa shape index (κ3) is 4.00. The topological polar surface area (TPSA) is 69.2 Å². The number of aryl methyl sites for hydroxylation is 1. The Morgan fingerprint density at radius 2 is 1.86 bits per heavy atom. The summed E-state index contributed by atoms with van der Waals surface area (Å²) in [7, 11) is 0. The summed E-state index contributed by atoms with van der Waals surface area (Å²) in [5.41, 5.74) is 3.35. The maximum Gasteiger partial charge on any atom is 0.199 e. The second-order valence-corrected chi connectivity index (χ2v) is 8.19. The molecule has 0 aliphatic rings. The van der Waals surface area contributed by atoms with Crippen molar-refractivity contribution in [2.24, 2.45) is 0 Å². The van der Waals surface area contributed by atoms with Crippen LogP contribution in [0.15, 0.2) is 53.5 Å². The molecule has 0 saturated heterocycles. The number of aromatic nitrogens is 7. The minimum absolute atomic E-state index is 0.111. The van der Waals surface area contributed by atoms with Crippen LogP contribution in [0.25, 0.3) is 5.69 Å². The number of nitrogens with one attached hydrogen (secondary N) is 1. The van der Waals surface area contributed by atoms with Gasteiger partial charge in [0.2, 0.25) is 0 Å². The maximum absolute atomic E-state index is 5.47. The molecule has 1 aromatic carbocycles. The largest absolute Gasteiger partial charge is 0.271 e. The summed E-state index contributed by atoms with van der Waals surface area (Å²) in [6.45, 7) is 5.59. The molecule has 0 aliphatic heterocycles. The molecule has 0 saturated carbocycles. The Morgan fingerprint density at radius 1 is 1.11 bits per heavy atom. The first-order valence-corrected chi connectivity index (χ1v) is 10.1. The maximum atomic E-state index is 5.47. The Bertz CT molecular complexity index is 1140. The van der Waals surface area contributed by atoms with Crippen molar-refractivity contribution >= 4 is 28.1 Å². The first-order chi connectivity index (χ1) is 13.5. The van der Waals surface area contributed by atoms with Crippen LogP contribution < -0.4 is 0 Å². The molecule has 0 unspecified atom stereocenters. The van der Waals surface area contributed by atoms with Crippen molar-refractivity contribution < 1.29 is 0 Å². The summed E-state index contributed by atoms with van der Waals surface area (Å²) in [5, 5.41) is 16.2. The molecule has 4 aromatic rings. The number of hydrogen-bond acceptors (Lipinski definition) is 4. The molecule has 3 aromatic heterocycles. The highest BCUT2D eigenvalue weighted by molar-refractivity contribution is 9.10. The zero-order valence-electron chi connectivity index (χ0n) is 15.6. The quantitative estimate of drug-likeness (QED) is 0.439. The summed E-state index contributed by atoms with van der Waals surface area (Å²) in [4.78, 5) is 0. The Hall–Kier alpha value is -2.52. The fourth-order valence-corrected chi connectivity index (χ4v) is 3.70. The molecule has 28 heavy (non-hydrogen) atoms. The predicted molar refractivity (Wildman–Crippen MR) is 113 cm³/mol. The first kappa shape index (κ1) is 18.8. The number of hydrogen-bond donors (Lipinski definition) is 1. The lowest BCUT2D eigenvalue weighted by molar-refractivity contribution is 0.518. The minimum atomic E-state index is 0.111. The molecule has 3 heterocycles. The number of H-pyrrole nitrogens is 1. The monoisotopic (exact) mass is 457 g/mol. The smallest absolute Gasteiger partial charge is 0.199 e.